The van der Waals surface area contributed by atoms with Crippen molar-refractivity contribution < 1.29 is 9.90 Å². The van der Waals surface area contributed by atoms with Crippen molar-refractivity contribution in [2.45, 2.75) is 13.8 Å². The first-order chi connectivity index (χ1) is 13.1. The van der Waals surface area contributed by atoms with Gasteiger partial charge in [0.2, 0.25) is 0 Å². The molecule has 4 heterocycles. The quantitative estimate of drug-likeness (QED) is 0.712. The van der Waals surface area contributed by atoms with Crippen LogP contribution in [0.3, 0.4) is 0 Å². The minimum absolute atomic E-state index is 0.231. The van der Waals surface area contributed by atoms with Gasteiger partial charge in [-0.15, -0.1) is 0 Å². The number of anilines is 1. The number of nitrogens with one attached hydrogen (secondary N) is 1. The number of carboxylic acid groups (broad SMARTS) is 1. The average molecular weight is 369 g/mol. The van der Waals surface area contributed by atoms with Crippen molar-refractivity contribution in [2.75, 3.05) is 31.1 Å². The van der Waals surface area contributed by atoms with Crippen LogP contribution < -0.4 is 10.2 Å². The third-order valence-corrected chi connectivity index (χ3v) is 4.13. The van der Waals surface area contributed by atoms with Crippen LogP contribution in [-0.2, 0) is 4.79 Å². The maximum atomic E-state index is 9.70. The molecule has 4 rings (SSSR count). The van der Waals surface area contributed by atoms with Gasteiger partial charge in [-0.3, -0.25) is 14.8 Å². The summed E-state index contributed by atoms with van der Waals surface area (Å²) >= 11 is 0. The van der Waals surface area contributed by atoms with Gasteiger partial charge < -0.3 is 15.3 Å². The first kappa shape index (κ1) is 18.7. The Labute approximate surface area is 157 Å². The summed E-state index contributed by atoms with van der Waals surface area (Å²) in [5, 5.41) is 15.7. The predicted octanol–water partition coefficient (Wildman–Crippen LogP) is 1.32. The van der Waals surface area contributed by atoms with E-state index < -0.39 is 5.97 Å². The van der Waals surface area contributed by atoms with Crippen LogP contribution in [0.2, 0.25) is 0 Å². The highest BCUT2D eigenvalue weighted by Crippen LogP contribution is 2.22. The number of hydrogen-bond acceptors (Lipinski definition) is 7. The van der Waals surface area contributed by atoms with Crippen molar-refractivity contribution in [1.82, 2.24) is 29.9 Å². The number of hydrogen-bond donors (Lipinski definition) is 2. The Kier molecular flexibility index (Phi) is 5.92. The smallest absolute Gasteiger partial charge is 0.305 e. The summed E-state index contributed by atoms with van der Waals surface area (Å²) in [7, 11) is 0. The van der Waals surface area contributed by atoms with Gasteiger partial charge in [0.15, 0.2) is 5.65 Å². The lowest BCUT2D eigenvalue weighted by atomic mass is 10.2. The van der Waals surface area contributed by atoms with Gasteiger partial charge in [0.25, 0.3) is 0 Å². The number of carboxylic acids is 1. The molecule has 2 N–H and O–H groups in total. The van der Waals surface area contributed by atoms with E-state index in [2.05, 4.69) is 25.3 Å². The average Bonchev–Trinajstić information content (AvgIpc) is 3.13. The van der Waals surface area contributed by atoms with Crippen LogP contribution in [0.15, 0.2) is 37.1 Å². The highest BCUT2D eigenvalue weighted by atomic mass is 16.4. The molecule has 142 valence electrons. The molecule has 1 fully saturated rings. The van der Waals surface area contributed by atoms with Gasteiger partial charge in [0.1, 0.15) is 5.82 Å². The minimum Gasteiger partial charge on any atom is -0.481 e. The number of fused-ring (bicyclic) bond motifs is 1. The SMILES string of the molecule is CC(C)C(=O)O.c1cnc(-c2cnn3ccc(N4CCNCC4)nc23)cn1. The topological polar surface area (TPSA) is 109 Å². The molecule has 1 saturated heterocycles. The maximum Gasteiger partial charge on any atom is 0.305 e. The fourth-order valence-corrected chi connectivity index (χ4v) is 2.55. The summed E-state index contributed by atoms with van der Waals surface area (Å²) in [4.78, 5) is 25.2. The van der Waals surface area contributed by atoms with Crippen molar-refractivity contribution in [3.8, 4) is 11.3 Å². The summed E-state index contributed by atoms with van der Waals surface area (Å²) in [6.07, 6.45) is 8.80. The number of aromatic nitrogens is 5. The minimum atomic E-state index is -0.741. The molecule has 3 aromatic rings. The van der Waals surface area contributed by atoms with Crippen LogP contribution in [0.4, 0.5) is 5.82 Å². The van der Waals surface area contributed by atoms with Crippen LogP contribution in [0.5, 0.6) is 0 Å². The van der Waals surface area contributed by atoms with E-state index in [1.165, 1.54) is 0 Å². The van der Waals surface area contributed by atoms with Gasteiger partial charge in [-0.25, -0.2) is 9.50 Å². The van der Waals surface area contributed by atoms with Crippen molar-refractivity contribution in [2.24, 2.45) is 5.92 Å². The fraction of sp³-hybridized carbons (Fsp3) is 0.389. The Morgan fingerprint density at radius 3 is 2.59 bits per heavy atom. The van der Waals surface area contributed by atoms with Gasteiger partial charge in [0.05, 0.1) is 29.6 Å². The maximum absolute atomic E-state index is 9.70. The summed E-state index contributed by atoms with van der Waals surface area (Å²) in [6.45, 7) is 7.20. The van der Waals surface area contributed by atoms with E-state index in [4.69, 9.17) is 10.1 Å². The van der Waals surface area contributed by atoms with E-state index in [9.17, 15) is 4.79 Å². The number of carbonyl (C=O) groups is 1. The van der Waals surface area contributed by atoms with Crippen molar-refractivity contribution in [1.29, 1.82) is 0 Å². The van der Waals surface area contributed by atoms with Gasteiger partial charge in [-0.1, -0.05) is 13.8 Å². The molecule has 0 radical (unpaired) electrons. The van der Waals surface area contributed by atoms with Gasteiger partial charge in [0, 0.05) is 44.8 Å². The molecule has 0 aliphatic carbocycles. The molecular formula is C18H23N7O2. The largest absolute Gasteiger partial charge is 0.481 e. The van der Waals surface area contributed by atoms with E-state index in [0.29, 0.717) is 0 Å². The van der Waals surface area contributed by atoms with Gasteiger partial charge in [-0.2, -0.15) is 5.10 Å². The second-order valence-corrected chi connectivity index (χ2v) is 6.43. The Bertz CT molecular complexity index is 889. The summed E-state index contributed by atoms with van der Waals surface area (Å²) in [5.41, 5.74) is 2.50. The zero-order valence-electron chi connectivity index (χ0n) is 15.4. The van der Waals surface area contributed by atoms with Crippen molar-refractivity contribution in [3.63, 3.8) is 0 Å². The predicted molar refractivity (Wildman–Crippen MR) is 102 cm³/mol. The van der Waals surface area contributed by atoms with E-state index in [1.54, 1.807) is 43.2 Å². The van der Waals surface area contributed by atoms with E-state index in [-0.39, 0.29) is 5.92 Å². The highest BCUT2D eigenvalue weighted by molar-refractivity contribution is 5.74. The van der Waals surface area contributed by atoms with E-state index >= 15 is 0 Å². The monoisotopic (exact) mass is 369 g/mol. The van der Waals surface area contributed by atoms with Gasteiger partial charge >= 0.3 is 5.97 Å². The Balaban J connectivity index is 0.000000307. The molecule has 0 atom stereocenters. The molecule has 0 unspecified atom stereocenters. The number of aliphatic carboxylic acids is 1. The normalized spacial score (nSPS) is 14.1. The molecule has 3 aromatic heterocycles. The summed E-state index contributed by atoms with van der Waals surface area (Å²) < 4.78 is 1.77. The third kappa shape index (κ3) is 4.56. The third-order valence-electron chi connectivity index (χ3n) is 4.13. The molecule has 1 aliphatic rings. The Morgan fingerprint density at radius 2 is 1.96 bits per heavy atom. The molecule has 1 aliphatic heterocycles. The molecule has 27 heavy (non-hydrogen) atoms. The summed E-state index contributed by atoms with van der Waals surface area (Å²) in [5.74, 6) is 0.00893. The second kappa shape index (κ2) is 8.54. The number of nitrogens with zero attached hydrogens (tertiary/aromatic N) is 6. The molecule has 0 bridgehead atoms. The summed E-state index contributed by atoms with van der Waals surface area (Å²) in [6, 6.07) is 2.01. The van der Waals surface area contributed by atoms with Gasteiger partial charge in [-0.05, 0) is 6.07 Å². The lowest BCUT2D eigenvalue weighted by molar-refractivity contribution is -0.140. The molecule has 0 amide bonds. The zero-order chi connectivity index (χ0) is 19.2. The van der Waals surface area contributed by atoms with E-state index in [1.807, 2.05) is 12.3 Å². The first-order valence-electron chi connectivity index (χ1n) is 8.85. The molecular weight excluding hydrogens is 346 g/mol. The van der Waals surface area contributed by atoms with Crippen LogP contribution in [-0.4, -0.2) is 61.8 Å². The molecule has 0 saturated carbocycles. The molecule has 9 heteroatoms. The molecule has 9 nitrogen and oxygen atoms in total. The highest BCUT2D eigenvalue weighted by Gasteiger charge is 2.15. The Hall–Kier alpha value is -3.07. The van der Waals surface area contributed by atoms with Crippen molar-refractivity contribution in [3.05, 3.63) is 37.1 Å². The Morgan fingerprint density at radius 1 is 1.22 bits per heavy atom. The zero-order valence-corrected chi connectivity index (χ0v) is 15.4. The van der Waals surface area contributed by atoms with Crippen molar-refractivity contribution >= 4 is 17.4 Å². The van der Waals surface area contributed by atoms with Crippen LogP contribution in [0, 0.1) is 5.92 Å². The lowest BCUT2D eigenvalue weighted by Gasteiger charge is -2.28. The fourth-order valence-electron chi connectivity index (χ4n) is 2.55. The van der Waals surface area contributed by atoms with Crippen LogP contribution in [0.25, 0.3) is 16.9 Å². The van der Waals surface area contributed by atoms with E-state index in [0.717, 1.165) is 48.9 Å². The van der Waals surface area contributed by atoms with Crippen LogP contribution >= 0.6 is 0 Å². The lowest BCUT2D eigenvalue weighted by Crippen LogP contribution is -2.43. The molecule has 0 spiro atoms. The molecule has 0 aromatic carbocycles. The van der Waals surface area contributed by atoms with Crippen LogP contribution in [0.1, 0.15) is 13.8 Å². The number of piperazine rings is 1. The number of rotatable bonds is 3. The first-order valence-corrected chi connectivity index (χ1v) is 8.85. The second-order valence-electron chi connectivity index (χ2n) is 6.43. The standard InChI is InChI=1S/C14H15N7.C4H8O2/c1-6-21-14(19-13(1)20-7-4-15-5-8-20)11(9-18-21)12-10-16-2-3-17-12;1-3(2)4(5)6/h1-3,6,9-10,15H,4-5,7-8H2;3H,1-2H3,(H,5,6).